The van der Waals surface area contributed by atoms with Gasteiger partial charge in [0, 0.05) is 10.7 Å². The third-order valence-electron chi connectivity index (χ3n) is 4.54. The van der Waals surface area contributed by atoms with Crippen LogP contribution in [0.4, 0.5) is 0 Å². The number of fused-ring (bicyclic) bond motifs is 1. The smallest absolute Gasteiger partial charge is 0.348 e. The Morgan fingerprint density at radius 1 is 1.36 bits per heavy atom. The number of benzene rings is 1. The van der Waals surface area contributed by atoms with Gasteiger partial charge in [-0.3, -0.25) is 0 Å². The molecule has 3 N–H and O–H groups in total. The molecular formula is C17H22N2O4S2. The molecular weight excluding hydrogens is 360 g/mol. The minimum atomic E-state index is -3.62. The lowest BCUT2D eigenvalue weighted by molar-refractivity contribution is 0.0532. The van der Waals surface area contributed by atoms with E-state index in [0.29, 0.717) is 18.0 Å². The molecule has 0 amide bonds. The highest BCUT2D eigenvalue weighted by molar-refractivity contribution is 7.89. The zero-order valence-corrected chi connectivity index (χ0v) is 15.7. The topological polar surface area (TPSA) is 98.5 Å². The zero-order chi connectivity index (χ0) is 18.0. The third kappa shape index (κ3) is 3.87. The fourth-order valence-corrected chi connectivity index (χ4v) is 5.54. The largest absolute Gasteiger partial charge is 0.462 e. The van der Waals surface area contributed by atoms with Crippen molar-refractivity contribution in [3.05, 3.63) is 29.1 Å². The second-order valence-corrected chi connectivity index (χ2v) is 8.98. The first-order chi connectivity index (χ1) is 11.9. The van der Waals surface area contributed by atoms with Crippen LogP contribution in [0.2, 0.25) is 0 Å². The Labute approximate surface area is 151 Å². The number of hydrogen-bond donors (Lipinski definition) is 2. The summed E-state index contributed by atoms with van der Waals surface area (Å²) in [5, 5.41) is 0.720. The van der Waals surface area contributed by atoms with Crippen LogP contribution < -0.4 is 10.5 Å². The molecule has 1 heterocycles. The van der Waals surface area contributed by atoms with Crippen LogP contribution in [0, 0.1) is 5.92 Å². The van der Waals surface area contributed by atoms with Crippen LogP contribution in [-0.2, 0) is 14.8 Å². The number of carbonyl (C=O) groups is 1. The number of nitrogens with two attached hydrogens (primary N) is 1. The molecule has 6 nitrogen and oxygen atoms in total. The van der Waals surface area contributed by atoms with Gasteiger partial charge in [-0.05, 0) is 61.9 Å². The normalized spacial score (nSPS) is 20.9. The average Bonchev–Trinajstić information content (AvgIpc) is 3.20. The maximum Gasteiger partial charge on any atom is 0.348 e. The maximum atomic E-state index is 12.7. The molecule has 1 aliphatic carbocycles. The van der Waals surface area contributed by atoms with Gasteiger partial charge >= 0.3 is 5.97 Å². The van der Waals surface area contributed by atoms with E-state index in [4.69, 9.17) is 10.5 Å². The highest BCUT2D eigenvalue weighted by Gasteiger charge is 2.30. The molecule has 0 aliphatic heterocycles. The molecule has 1 aromatic carbocycles. The van der Waals surface area contributed by atoms with Gasteiger partial charge in [0.1, 0.15) is 4.88 Å². The molecule has 1 aliphatic rings. The molecule has 0 bridgehead atoms. The molecule has 1 saturated carbocycles. The van der Waals surface area contributed by atoms with Crippen LogP contribution in [-0.4, -0.2) is 33.6 Å². The number of sulfonamides is 1. The van der Waals surface area contributed by atoms with Crippen molar-refractivity contribution in [3.8, 4) is 0 Å². The Kier molecular flexibility index (Phi) is 5.43. The van der Waals surface area contributed by atoms with Crippen molar-refractivity contribution in [2.75, 3.05) is 13.2 Å². The minimum Gasteiger partial charge on any atom is -0.462 e. The van der Waals surface area contributed by atoms with Gasteiger partial charge in [0.15, 0.2) is 0 Å². The van der Waals surface area contributed by atoms with Gasteiger partial charge < -0.3 is 10.5 Å². The van der Waals surface area contributed by atoms with Crippen molar-refractivity contribution >= 4 is 37.4 Å². The van der Waals surface area contributed by atoms with E-state index in [1.807, 2.05) is 0 Å². The van der Waals surface area contributed by atoms with Gasteiger partial charge in [-0.25, -0.2) is 17.9 Å². The first-order valence-corrected chi connectivity index (χ1v) is 10.7. The molecule has 0 saturated heterocycles. The molecule has 25 heavy (non-hydrogen) atoms. The zero-order valence-electron chi connectivity index (χ0n) is 14.0. The number of thiophene rings is 1. The lowest BCUT2D eigenvalue weighted by atomic mass is 10.1. The Balaban J connectivity index is 1.86. The quantitative estimate of drug-likeness (QED) is 0.748. The van der Waals surface area contributed by atoms with Crippen molar-refractivity contribution in [1.82, 2.24) is 4.72 Å². The summed E-state index contributed by atoms with van der Waals surface area (Å²) in [5.74, 6) is -0.196. The van der Waals surface area contributed by atoms with Crippen LogP contribution in [0.15, 0.2) is 29.2 Å². The molecule has 1 fully saturated rings. The van der Waals surface area contributed by atoms with Crippen molar-refractivity contribution in [3.63, 3.8) is 0 Å². The summed E-state index contributed by atoms with van der Waals surface area (Å²) in [6.07, 6.45) is 2.76. The Morgan fingerprint density at radius 3 is 2.88 bits per heavy atom. The summed E-state index contributed by atoms with van der Waals surface area (Å²) in [7, 11) is -3.62. The average molecular weight is 383 g/mol. The van der Waals surface area contributed by atoms with Gasteiger partial charge in [-0.2, -0.15) is 0 Å². The molecule has 0 radical (unpaired) electrons. The van der Waals surface area contributed by atoms with Crippen molar-refractivity contribution < 1.29 is 17.9 Å². The van der Waals surface area contributed by atoms with E-state index < -0.39 is 10.0 Å². The predicted molar refractivity (Wildman–Crippen MR) is 98.3 cm³/mol. The molecule has 2 atom stereocenters. The third-order valence-corrected chi connectivity index (χ3v) is 7.13. The van der Waals surface area contributed by atoms with E-state index in [-0.39, 0.29) is 22.8 Å². The number of ether oxygens (including phenoxy) is 1. The molecule has 1 aromatic heterocycles. The van der Waals surface area contributed by atoms with E-state index in [1.165, 1.54) is 11.3 Å². The number of esters is 1. The van der Waals surface area contributed by atoms with Crippen LogP contribution in [0.1, 0.15) is 35.9 Å². The second kappa shape index (κ2) is 7.41. The summed E-state index contributed by atoms with van der Waals surface area (Å²) in [4.78, 5) is 12.5. The van der Waals surface area contributed by atoms with Crippen LogP contribution in [0.3, 0.4) is 0 Å². The number of carbonyl (C=O) groups excluding carboxylic acids is 1. The number of nitrogens with one attached hydrogen (secondary N) is 1. The molecule has 3 rings (SSSR count). The highest BCUT2D eigenvalue weighted by Crippen LogP contribution is 2.30. The Morgan fingerprint density at radius 2 is 2.16 bits per heavy atom. The summed E-state index contributed by atoms with van der Waals surface area (Å²) in [6, 6.07) is 6.47. The lowest BCUT2D eigenvalue weighted by Crippen LogP contribution is -2.39. The first kappa shape index (κ1) is 18.3. The molecule has 0 spiro atoms. The maximum absolute atomic E-state index is 12.7. The summed E-state index contributed by atoms with van der Waals surface area (Å²) < 4.78 is 34.0. The molecule has 2 aromatic rings. The molecule has 136 valence electrons. The van der Waals surface area contributed by atoms with Crippen molar-refractivity contribution in [1.29, 1.82) is 0 Å². The van der Waals surface area contributed by atoms with E-state index in [9.17, 15) is 13.2 Å². The Bertz CT molecular complexity index is 876. The minimum absolute atomic E-state index is 0.108. The highest BCUT2D eigenvalue weighted by atomic mass is 32.2. The SMILES string of the molecule is CCOC(=O)c1cc2cc(S(=O)(=O)NC3CCCC3CN)ccc2s1. The van der Waals surface area contributed by atoms with Gasteiger partial charge in [0.2, 0.25) is 10.0 Å². The van der Waals surface area contributed by atoms with Crippen molar-refractivity contribution in [2.24, 2.45) is 11.7 Å². The van der Waals surface area contributed by atoms with Crippen molar-refractivity contribution in [2.45, 2.75) is 37.1 Å². The monoisotopic (exact) mass is 382 g/mol. The van der Waals surface area contributed by atoms with E-state index >= 15 is 0 Å². The fraction of sp³-hybridized carbons (Fsp3) is 0.471. The van der Waals surface area contributed by atoms with Gasteiger partial charge in [0.25, 0.3) is 0 Å². The van der Waals surface area contributed by atoms with Gasteiger partial charge in [-0.15, -0.1) is 11.3 Å². The first-order valence-electron chi connectivity index (χ1n) is 8.37. The van der Waals surface area contributed by atoms with Gasteiger partial charge in [0.05, 0.1) is 11.5 Å². The van der Waals surface area contributed by atoms with E-state index in [0.717, 1.165) is 29.3 Å². The van der Waals surface area contributed by atoms with E-state index in [2.05, 4.69) is 4.72 Å². The number of hydrogen-bond acceptors (Lipinski definition) is 6. The van der Waals surface area contributed by atoms with Gasteiger partial charge in [-0.1, -0.05) is 6.42 Å². The Hall–Kier alpha value is -1.48. The predicted octanol–water partition coefficient (Wildman–Crippen LogP) is 2.48. The van der Waals surface area contributed by atoms with Crippen LogP contribution in [0.5, 0.6) is 0 Å². The second-order valence-electron chi connectivity index (χ2n) is 6.19. The fourth-order valence-electron chi connectivity index (χ4n) is 3.23. The number of rotatable bonds is 6. The van der Waals surface area contributed by atoms with Crippen LogP contribution in [0.25, 0.3) is 10.1 Å². The summed E-state index contributed by atoms with van der Waals surface area (Å²) in [6.45, 7) is 2.54. The summed E-state index contributed by atoms with van der Waals surface area (Å²) >= 11 is 1.30. The van der Waals surface area contributed by atoms with E-state index in [1.54, 1.807) is 31.2 Å². The summed E-state index contributed by atoms with van der Waals surface area (Å²) in [5.41, 5.74) is 5.73. The molecule has 2 unspecified atom stereocenters. The van der Waals surface area contributed by atoms with Crippen LogP contribution >= 0.6 is 11.3 Å². The molecule has 8 heteroatoms. The lowest BCUT2D eigenvalue weighted by Gasteiger charge is -2.19. The standard InChI is InChI=1S/C17H22N2O4S2/c1-2-23-17(20)16-9-12-8-13(6-7-15(12)24-16)25(21,22)19-14-5-3-4-11(14)10-18/h6-9,11,14,19H,2-5,10,18H2,1H3.